The van der Waals surface area contributed by atoms with Crippen LogP contribution in [0.5, 0.6) is 0 Å². The molecule has 0 N–H and O–H groups in total. The molecule has 0 rings (SSSR count). The molecule has 0 saturated carbocycles. The van der Waals surface area contributed by atoms with Crippen molar-refractivity contribution >= 4 is 18.4 Å². The van der Waals surface area contributed by atoms with Crippen LogP contribution in [0.1, 0.15) is 79.1 Å². The molecule has 0 aromatic carbocycles. The molecule has 0 aromatic heterocycles. The molecule has 0 unspecified atom stereocenters. The van der Waals surface area contributed by atoms with Crippen LogP contribution in [0.3, 0.4) is 0 Å². The molecule has 0 aliphatic rings. The quantitative estimate of drug-likeness (QED) is 0.282. The molecule has 0 fully saturated rings. The maximum absolute atomic E-state index is 3.60. The van der Waals surface area contributed by atoms with Gasteiger partial charge in [-0.3, -0.25) is 0 Å². The van der Waals surface area contributed by atoms with E-state index in [0.717, 1.165) is 6.42 Å². The summed E-state index contributed by atoms with van der Waals surface area (Å²) >= 11 is -1.91. The van der Waals surface area contributed by atoms with Gasteiger partial charge in [-0.05, 0) is 0 Å². The molecule has 112 valence electrons. The summed E-state index contributed by atoms with van der Waals surface area (Å²) in [4.78, 5) is 0. The van der Waals surface area contributed by atoms with Gasteiger partial charge in [0.2, 0.25) is 0 Å². The molecule has 0 atom stereocenters. The van der Waals surface area contributed by atoms with Gasteiger partial charge in [-0.2, -0.15) is 0 Å². The third kappa shape index (κ3) is 9.83. The number of hydrogen-bond donors (Lipinski definition) is 0. The molecule has 0 amide bonds. The van der Waals surface area contributed by atoms with Crippen molar-refractivity contribution < 1.29 is 0 Å². The predicted octanol–water partition coefficient (Wildman–Crippen LogP) is 6.64. The van der Waals surface area contributed by atoms with E-state index in [-0.39, 0.29) is 0 Å². The monoisotopic (exact) mass is 372 g/mol. The van der Waals surface area contributed by atoms with Gasteiger partial charge in [-0.15, -0.1) is 0 Å². The summed E-state index contributed by atoms with van der Waals surface area (Å²) < 4.78 is 6.17. The molecule has 0 heterocycles. The second-order valence-electron chi connectivity index (χ2n) is 6.09. The van der Waals surface area contributed by atoms with E-state index >= 15 is 0 Å². The van der Waals surface area contributed by atoms with Gasteiger partial charge in [0.25, 0.3) is 0 Å². The summed E-state index contributed by atoms with van der Waals surface area (Å²) in [5, 5.41) is 0. The fourth-order valence-corrected chi connectivity index (χ4v) is 17.3. The molecular weight excluding hydrogens is 335 g/mol. The van der Waals surface area contributed by atoms with E-state index in [0.29, 0.717) is 0 Å². The third-order valence-electron chi connectivity index (χ3n) is 4.15. The fraction of sp³-hybridized carbons (Fsp3) is 0.889. The topological polar surface area (TPSA) is 0 Å². The van der Waals surface area contributed by atoms with E-state index in [9.17, 15) is 0 Å². The average molecular weight is 371 g/mol. The standard InChI is InChI=1S/C6H9.3C4H9.Sn/c1-3-5-6-4-2;3*1-3-4-2;/h1,4,6H2,2H3;3*1,3-4H2,2H3;. The number of rotatable bonds is 11. The minimum atomic E-state index is -1.91. The average Bonchev–Trinajstić information content (AvgIpc) is 2.44. The molecule has 0 nitrogen and oxygen atoms in total. The number of unbranched alkanes of at least 4 members (excludes halogenated alkanes) is 4. The van der Waals surface area contributed by atoms with Crippen molar-refractivity contribution in [2.24, 2.45) is 0 Å². The first kappa shape index (κ1) is 19.4. The Balaban J connectivity index is 4.62. The molecule has 0 aliphatic carbocycles. The van der Waals surface area contributed by atoms with Crippen LogP contribution in [-0.2, 0) is 0 Å². The number of hydrogen-bond acceptors (Lipinski definition) is 0. The third-order valence-corrected chi connectivity index (χ3v) is 18.9. The zero-order valence-electron chi connectivity index (χ0n) is 14.0. The Bertz CT molecular complexity index is 224. The van der Waals surface area contributed by atoms with Gasteiger partial charge < -0.3 is 0 Å². The zero-order valence-corrected chi connectivity index (χ0v) is 16.8. The van der Waals surface area contributed by atoms with Gasteiger partial charge in [0.05, 0.1) is 0 Å². The Hall–Kier alpha value is 0.359. The predicted molar refractivity (Wildman–Crippen MR) is 92.4 cm³/mol. The van der Waals surface area contributed by atoms with Crippen LogP contribution in [0.4, 0.5) is 0 Å². The van der Waals surface area contributed by atoms with Crippen LogP contribution in [0, 0.1) is 11.8 Å². The van der Waals surface area contributed by atoms with Gasteiger partial charge >= 0.3 is 127 Å². The molecular formula is C18H36Sn. The summed E-state index contributed by atoms with van der Waals surface area (Å²) in [5.41, 5.74) is 0. The summed E-state index contributed by atoms with van der Waals surface area (Å²) in [6.07, 6.45) is 10.9. The van der Waals surface area contributed by atoms with Gasteiger partial charge in [0.1, 0.15) is 0 Å². The van der Waals surface area contributed by atoms with E-state index in [1.807, 2.05) is 0 Å². The van der Waals surface area contributed by atoms with Crippen LogP contribution in [-0.4, -0.2) is 18.4 Å². The van der Waals surface area contributed by atoms with Crippen molar-refractivity contribution in [2.75, 3.05) is 0 Å². The van der Waals surface area contributed by atoms with Crippen molar-refractivity contribution in [1.29, 1.82) is 0 Å². The van der Waals surface area contributed by atoms with Gasteiger partial charge in [-0.1, -0.05) is 0 Å². The maximum atomic E-state index is 3.60. The molecule has 0 aromatic rings. The van der Waals surface area contributed by atoms with Crippen molar-refractivity contribution in [3.8, 4) is 11.8 Å². The summed E-state index contributed by atoms with van der Waals surface area (Å²) in [6.45, 7) is 9.27. The Kier molecular flexibility index (Phi) is 13.6. The van der Waals surface area contributed by atoms with E-state index in [1.165, 1.54) is 49.4 Å². The van der Waals surface area contributed by atoms with Crippen LogP contribution in [0.2, 0.25) is 17.7 Å². The molecule has 19 heavy (non-hydrogen) atoms. The first-order chi connectivity index (χ1) is 9.24. The van der Waals surface area contributed by atoms with Gasteiger partial charge in [0, 0.05) is 0 Å². The molecule has 0 bridgehead atoms. The Labute approximate surface area is 127 Å². The summed E-state index contributed by atoms with van der Waals surface area (Å²) in [6, 6.07) is 0. The summed E-state index contributed by atoms with van der Waals surface area (Å²) in [5.74, 6) is 7.02. The first-order valence-corrected chi connectivity index (χ1v) is 16.8. The van der Waals surface area contributed by atoms with Gasteiger partial charge in [-0.25, -0.2) is 0 Å². The van der Waals surface area contributed by atoms with E-state index in [1.54, 1.807) is 13.3 Å². The molecule has 1 heteroatoms. The van der Waals surface area contributed by atoms with Crippen LogP contribution >= 0.6 is 0 Å². The fourth-order valence-electron chi connectivity index (χ4n) is 2.76. The normalized spacial score (nSPS) is 11.2. The van der Waals surface area contributed by atoms with Crippen LogP contribution in [0.15, 0.2) is 0 Å². The first-order valence-electron chi connectivity index (χ1n) is 8.70. The van der Waals surface area contributed by atoms with Crippen LogP contribution in [0.25, 0.3) is 0 Å². The zero-order chi connectivity index (χ0) is 14.4. The van der Waals surface area contributed by atoms with Crippen molar-refractivity contribution in [3.63, 3.8) is 0 Å². The second-order valence-corrected chi connectivity index (χ2v) is 19.9. The molecule has 0 saturated heterocycles. The SMILES string of the molecule is CCCC#C[CH2][Sn]([CH2]CCC)([CH2]CCC)[CH2]CCC. The minimum absolute atomic E-state index is 1.11. The van der Waals surface area contributed by atoms with E-state index in [4.69, 9.17) is 0 Å². The summed E-state index contributed by atoms with van der Waals surface area (Å²) in [7, 11) is 0. The molecule has 0 aliphatic heterocycles. The van der Waals surface area contributed by atoms with Crippen molar-refractivity contribution in [2.45, 2.75) is 96.8 Å². The van der Waals surface area contributed by atoms with E-state index in [2.05, 4.69) is 39.5 Å². The molecule has 0 radical (unpaired) electrons. The Morgan fingerprint density at radius 3 is 1.47 bits per heavy atom. The van der Waals surface area contributed by atoms with E-state index < -0.39 is 18.4 Å². The van der Waals surface area contributed by atoms with Gasteiger partial charge in [0.15, 0.2) is 0 Å². The second kappa shape index (κ2) is 13.3. The van der Waals surface area contributed by atoms with Crippen molar-refractivity contribution in [3.05, 3.63) is 0 Å². The molecule has 0 spiro atoms. The Morgan fingerprint density at radius 2 is 1.11 bits per heavy atom. The Morgan fingerprint density at radius 1 is 0.632 bits per heavy atom. The van der Waals surface area contributed by atoms with Crippen LogP contribution < -0.4 is 0 Å². The van der Waals surface area contributed by atoms with Crippen molar-refractivity contribution in [1.82, 2.24) is 0 Å².